The van der Waals surface area contributed by atoms with Gasteiger partial charge in [0, 0.05) is 2.85 Å². The monoisotopic (exact) mass is 349 g/mol. The van der Waals surface area contributed by atoms with E-state index in [4.69, 9.17) is 5.73 Å². The van der Waals surface area contributed by atoms with Crippen molar-refractivity contribution in [1.29, 1.82) is 0 Å². The van der Waals surface area contributed by atoms with E-state index in [0.29, 0.717) is 0 Å². The maximum Gasteiger partial charge on any atom is 0 e. The first-order chi connectivity index (χ1) is 11.5. The summed E-state index contributed by atoms with van der Waals surface area (Å²) in [4.78, 5) is 0. The third-order valence-corrected chi connectivity index (χ3v) is 4.82. The Morgan fingerprint density at radius 1 is 1.32 bits per heavy atom. The SMILES string of the molecule is C=Cc1cc2c(c(C)c1/C=C(\C)C1CC1)CC(C)C2.CC.CCN.O.[HH].[HH]. The van der Waals surface area contributed by atoms with Gasteiger partial charge in [-0.15, -0.1) is 0 Å². The third kappa shape index (κ3) is 6.13. The standard InChI is InChI=1S/C19H24.C2H7N.C2H6.H2O.2H2/c1-5-15-11-17-8-12(2)9-18(17)14(4)19(15)10-13(3)16-6-7-16;1-2-3;1-2;;;/h5,10-12,16H,1,6-9H2,2-4H3;2-3H2,1H3;1-2H3;1H2;2*1H/b13-10+;;;;;. The molecule has 3 rings (SSSR count). The number of benzene rings is 1. The molecular weight excluding hydrogens is 306 g/mol. The number of rotatable bonds is 3. The molecule has 1 aromatic rings. The van der Waals surface area contributed by atoms with E-state index >= 15 is 0 Å². The number of nitrogens with two attached hydrogens (primary N) is 1. The minimum absolute atomic E-state index is 0. The molecule has 0 amide bonds. The fourth-order valence-corrected chi connectivity index (χ4v) is 3.48. The first kappa shape index (κ1) is 23.6. The predicted octanol–water partition coefficient (Wildman–Crippen LogP) is 5.84. The summed E-state index contributed by atoms with van der Waals surface area (Å²) in [6.45, 7) is 17.6. The van der Waals surface area contributed by atoms with Crippen LogP contribution < -0.4 is 5.73 Å². The second-order valence-corrected chi connectivity index (χ2v) is 6.93. The van der Waals surface area contributed by atoms with Gasteiger partial charge in [-0.2, -0.15) is 0 Å². The Balaban J connectivity index is -0.000000660. The van der Waals surface area contributed by atoms with Crippen molar-refractivity contribution in [3.63, 3.8) is 0 Å². The largest absolute Gasteiger partial charge is 0.412 e. The van der Waals surface area contributed by atoms with Crippen LogP contribution in [0.2, 0.25) is 0 Å². The molecule has 1 saturated carbocycles. The highest BCUT2D eigenvalue weighted by Gasteiger charge is 2.25. The van der Waals surface area contributed by atoms with Gasteiger partial charge in [-0.1, -0.05) is 58.1 Å². The summed E-state index contributed by atoms with van der Waals surface area (Å²) in [5.41, 5.74) is 13.8. The maximum atomic E-state index is 4.85. The van der Waals surface area contributed by atoms with Gasteiger partial charge in [-0.25, -0.2) is 0 Å². The van der Waals surface area contributed by atoms with Crippen molar-refractivity contribution < 1.29 is 8.33 Å². The second-order valence-electron chi connectivity index (χ2n) is 6.93. The van der Waals surface area contributed by atoms with Crippen molar-refractivity contribution in [2.24, 2.45) is 17.6 Å². The van der Waals surface area contributed by atoms with E-state index in [9.17, 15) is 0 Å². The van der Waals surface area contributed by atoms with E-state index in [1.165, 1.54) is 42.4 Å². The molecule has 0 heterocycles. The molecule has 2 aliphatic carbocycles. The van der Waals surface area contributed by atoms with Gasteiger partial charge in [-0.05, 0) is 85.7 Å². The van der Waals surface area contributed by atoms with Crippen LogP contribution in [0.3, 0.4) is 0 Å². The van der Waals surface area contributed by atoms with E-state index in [-0.39, 0.29) is 8.33 Å². The molecule has 25 heavy (non-hydrogen) atoms. The highest BCUT2D eigenvalue weighted by molar-refractivity contribution is 5.71. The van der Waals surface area contributed by atoms with Gasteiger partial charge >= 0.3 is 0 Å². The predicted molar refractivity (Wildman–Crippen MR) is 118 cm³/mol. The van der Waals surface area contributed by atoms with E-state index in [1.807, 2.05) is 26.8 Å². The fourth-order valence-electron chi connectivity index (χ4n) is 3.48. The zero-order chi connectivity index (χ0) is 18.3. The molecule has 2 aliphatic rings. The van der Waals surface area contributed by atoms with Crippen molar-refractivity contribution in [2.45, 2.75) is 67.2 Å². The summed E-state index contributed by atoms with van der Waals surface area (Å²) >= 11 is 0. The molecular formula is C23H43NO. The minimum Gasteiger partial charge on any atom is -0.412 e. The Bertz CT molecular complexity index is 593. The van der Waals surface area contributed by atoms with Gasteiger partial charge < -0.3 is 11.2 Å². The maximum absolute atomic E-state index is 4.85. The number of hydrogen-bond donors (Lipinski definition) is 1. The minimum atomic E-state index is 0. The number of fused-ring (bicyclic) bond motifs is 1. The number of hydrogen-bond acceptors (Lipinski definition) is 1. The molecule has 1 aromatic carbocycles. The molecule has 0 radical (unpaired) electrons. The summed E-state index contributed by atoms with van der Waals surface area (Å²) in [5.74, 6) is 1.65. The summed E-state index contributed by atoms with van der Waals surface area (Å²) < 4.78 is 0. The summed E-state index contributed by atoms with van der Waals surface area (Å²) in [5, 5.41) is 0. The average molecular weight is 350 g/mol. The molecule has 0 bridgehead atoms. The molecule has 1 unspecified atom stereocenters. The summed E-state index contributed by atoms with van der Waals surface area (Å²) in [7, 11) is 0. The second kappa shape index (κ2) is 11.3. The van der Waals surface area contributed by atoms with E-state index in [1.54, 1.807) is 16.7 Å². The Labute approximate surface area is 158 Å². The topological polar surface area (TPSA) is 57.5 Å². The van der Waals surface area contributed by atoms with Crippen molar-refractivity contribution in [3.05, 3.63) is 46.0 Å². The number of allylic oxidation sites excluding steroid dienone is 1. The van der Waals surface area contributed by atoms with Crippen LogP contribution in [0, 0.1) is 18.8 Å². The van der Waals surface area contributed by atoms with Crippen LogP contribution in [-0.4, -0.2) is 12.0 Å². The normalized spacial score (nSPS) is 18.0. The van der Waals surface area contributed by atoms with Crippen molar-refractivity contribution in [3.8, 4) is 0 Å². The molecule has 2 heteroatoms. The fraction of sp³-hybridized carbons (Fsp3) is 0.565. The van der Waals surface area contributed by atoms with E-state index in [2.05, 4.69) is 39.5 Å². The zero-order valence-electron chi connectivity index (χ0n) is 17.2. The summed E-state index contributed by atoms with van der Waals surface area (Å²) in [6, 6.07) is 2.38. The van der Waals surface area contributed by atoms with Crippen LogP contribution in [0.25, 0.3) is 12.2 Å². The van der Waals surface area contributed by atoms with Crippen LogP contribution in [0.4, 0.5) is 0 Å². The van der Waals surface area contributed by atoms with Crippen LogP contribution in [0.15, 0.2) is 18.2 Å². The lowest BCUT2D eigenvalue weighted by molar-refractivity contribution is 0.627. The van der Waals surface area contributed by atoms with Crippen LogP contribution >= 0.6 is 0 Å². The van der Waals surface area contributed by atoms with Crippen molar-refractivity contribution >= 4 is 12.2 Å². The zero-order valence-corrected chi connectivity index (χ0v) is 17.2. The van der Waals surface area contributed by atoms with Crippen molar-refractivity contribution in [2.75, 3.05) is 6.54 Å². The molecule has 2 nitrogen and oxygen atoms in total. The summed E-state index contributed by atoms with van der Waals surface area (Å²) in [6.07, 6.45) is 9.71. The van der Waals surface area contributed by atoms with Gasteiger partial charge in [0.05, 0.1) is 0 Å². The Morgan fingerprint density at radius 2 is 1.88 bits per heavy atom. The molecule has 0 spiro atoms. The van der Waals surface area contributed by atoms with Gasteiger partial charge in [0.15, 0.2) is 0 Å². The lowest BCUT2D eigenvalue weighted by Crippen LogP contribution is -1.96. The first-order valence-corrected chi connectivity index (χ1v) is 9.67. The van der Waals surface area contributed by atoms with Crippen LogP contribution in [-0.2, 0) is 12.8 Å². The molecule has 0 saturated heterocycles. The van der Waals surface area contributed by atoms with Crippen LogP contribution in [0.5, 0.6) is 0 Å². The lowest BCUT2D eigenvalue weighted by atomic mass is 9.92. The quantitative estimate of drug-likeness (QED) is 0.731. The molecule has 1 fully saturated rings. The molecule has 146 valence electrons. The van der Waals surface area contributed by atoms with Gasteiger partial charge in [0.1, 0.15) is 0 Å². The Kier molecular flexibility index (Phi) is 10.7. The molecule has 0 aliphatic heterocycles. The highest BCUT2D eigenvalue weighted by atomic mass is 16.0. The van der Waals surface area contributed by atoms with E-state index in [0.717, 1.165) is 18.4 Å². The smallest absolute Gasteiger partial charge is 0 e. The Morgan fingerprint density at radius 3 is 2.36 bits per heavy atom. The van der Waals surface area contributed by atoms with Crippen LogP contribution in [0.1, 0.15) is 78.1 Å². The van der Waals surface area contributed by atoms with Gasteiger partial charge in [0.25, 0.3) is 0 Å². The Hall–Kier alpha value is -1.38. The van der Waals surface area contributed by atoms with Gasteiger partial charge in [0.2, 0.25) is 0 Å². The molecule has 1 atom stereocenters. The van der Waals surface area contributed by atoms with Crippen molar-refractivity contribution in [1.82, 2.24) is 0 Å². The molecule has 4 N–H and O–H groups in total. The average Bonchev–Trinajstić information content (AvgIpc) is 3.35. The van der Waals surface area contributed by atoms with E-state index < -0.39 is 0 Å². The highest BCUT2D eigenvalue weighted by Crippen LogP contribution is 2.39. The first-order valence-electron chi connectivity index (χ1n) is 9.67. The lowest BCUT2D eigenvalue weighted by Gasteiger charge is -2.13. The third-order valence-electron chi connectivity index (χ3n) is 4.82. The van der Waals surface area contributed by atoms with Gasteiger partial charge in [-0.3, -0.25) is 0 Å². The molecule has 0 aromatic heterocycles.